The van der Waals surface area contributed by atoms with E-state index >= 15 is 0 Å². The zero-order valence-corrected chi connectivity index (χ0v) is 9.89. The SMILES string of the molecule is CC(CCO)NC1(CN)CCS(=O)(=O)C1. The van der Waals surface area contributed by atoms with Crippen LogP contribution in [0.5, 0.6) is 0 Å². The largest absolute Gasteiger partial charge is 0.396 e. The van der Waals surface area contributed by atoms with Gasteiger partial charge in [-0.2, -0.15) is 0 Å². The molecule has 4 N–H and O–H groups in total. The Morgan fingerprint density at radius 3 is 2.67 bits per heavy atom. The van der Waals surface area contributed by atoms with Crippen molar-refractivity contribution in [3.63, 3.8) is 0 Å². The number of aliphatic hydroxyl groups is 1. The molecule has 1 aliphatic heterocycles. The Bertz CT molecular complexity index is 304. The molecule has 0 saturated carbocycles. The molecule has 1 saturated heterocycles. The summed E-state index contributed by atoms with van der Waals surface area (Å²) in [5, 5.41) is 12.0. The van der Waals surface area contributed by atoms with Gasteiger partial charge in [0.1, 0.15) is 0 Å². The van der Waals surface area contributed by atoms with Crippen molar-refractivity contribution in [2.45, 2.75) is 31.3 Å². The smallest absolute Gasteiger partial charge is 0.152 e. The van der Waals surface area contributed by atoms with Crippen molar-refractivity contribution in [1.29, 1.82) is 0 Å². The van der Waals surface area contributed by atoms with Crippen LogP contribution in [0.2, 0.25) is 0 Å². The quantitative estimate of drug-likeness (QED) is 0.561. The van der Waals surface area contributed by atoms with Crippen LogP contribution in [0.1, 0.15) is 19.8 Å². The van der Waals surface area contributed by atoms with Gasteiger partial charge in [0, 0.05) is 24.7 Å². The average Bonchev–Trinajstić information content (AvgIpc) is 2.43. The first kappa shape index (κ1) is 12.9. The van der Waals surface area contributed by atoms with E-state index in [9.17, 15) is 8.42 Å². The van der Waals surface area contributed by atoms with E-state index in [1.54, 1.807) is 0 Å². The zero-order chi connectivity index (χ0) is 11.5. The van der Waals surface area contributed by atoms with Crippen LogP contribution in [-0.2, 0) is 9.84 Å². The van der Waals surface area contributed by atoms with E-state index in [0.29, 0.717) is 19.4 Å². The number of aliphatic hydroxyl groups excluding tert-OH is 1. The van der Waals surface area contributed by atoms with E-state index in [1.165, 1.54) is 0 Å². The van der Waals surface area contributed by atoms with E-state index < -0.39 is 15.4 Å². The maximum absolute atomic E-state index is 11.4. The maximum atomic E-state index is 11.4. The topological polar surface area (TPSA) is 92.4 Å². The monoisotopic (exact) mass is 236 g/mol. The zero-order valence-electron chi connectivity index (χ0n) is 9.07. The molecule has 0 amide bonds. The molecule has 6 heteroatoms. The Morgan fingerprint density at radius 2 is 2.27 bits per heavy atom. The van der Waals surface area contributed by atoms with Crippen LogP contribution < -0.4 is 11.1 Å². The van der Waals surface area contributed by atoms with Crippen LogP contribution in [0, 0.1) is 0 Å². The second-order valence-electron chi connectivity index (χ2n) is 4.38. The highest BCUT2D eigenvalue weighted by atomic mass is 32.2. The van der Waals surface area contributed by atoms with Crippen molar-refractivity contribution < 1.29 is 13.5 Å². The first-order valence-electron chi connectivity index (χ1n) is 5.22. The van der Waals surface area contributed by atoms with Gasteiger partial charge in [-0.15, -0.1) is 0 Å². The highest BCUT2D eigenvalue weighted by molar-refractivity contribution is 7.91. The summed E-state index contributed by atoms with van der Waals surface area (Å²) in [7, 11) is -2.93. The molecule has 0 aromatic rings. The van der Waals surface area contributed by atoms with E-state index in [1.807, 2.05) is 6.92 Å². The van der Waals surface area contributed by atoms with Gasteiger partial charge in [-0.05, 0) is 19.8 Å². The van der Waals surface area contributed by atoms with Gasteiger partial charge in [0.25, 0.3) is 0 Å². The van der Waals surface area contributed by atoms with Crippen LogP contribution in [0.4, 0.5) is 0 Å². The third kappa shape index (κ3) is 3.41. The summed E-state index contributed by atoms with van der Waals surface area (Å²) in [6.45, 7) is 2.35. The number of hydrogen-bond acceptors (Lipinski definition) is 5. The molecule has 2 unspecified atom stereocenters. The third-order valence-electron chi connectivity index (χ3n) is 2.89. The molecular formula is C9H20N2O3S. The molecule has 0 aliphatic carbocycles. The van der Waals surface area contributed by atoms with Crippen LogP contribution in [0.15, 0.2) is 0 Å². The molecule has 1 fully saturated rings. The van der Waals surface area contributed by atoms with Crippen molar-refractivity contribution in [3.05, 3.63) is 0 Å². The normalized spacial score (nSPS) is 31.7. The first-order chi connectivity index (χ1) is 6.93. The summed E-state index contributed by atoms with van der Waals surface area (Å²) in [6, 6.07) is 0.0897. The lowest BCUT2D eigenvalue weighted by Crippen LogP contribution is -2.55. The number of nitrogens with one attached hydrogen (secondary N) is 1. The molecule has 1 heterocycles. The highest BCUT2D eigenvalue weighted by Gasteiger charge is 2.41. The Kier molecular flexibility index (Phi) is 4.11. The van der Waals surface area contributed by atoms with Gasteiger partial charge in [-0.3, -0.25) is 0 Å². The molecule has 0 bridgehead atoms. The van der Waals surface area contributed by atoms with Crippen molar-refractivity contribution in [3.8, 4) is 0 Å². The fraction of sp³-hybridized carbons (Fsp3) is 1.00. The predicted octanol–water partition coefficient (Wildman–Crippen LogP) is -1.14. The fourth-order valence-electron chi connectivity index (χ4n) is 2.04. The Morgan fingerprint density at radius 1 is 1.60 bits per heavy atom. The molecule has 5 nitrogen and oxygen atoms in total. The number of hydrogen-bond donors (Lipinski definition) is 3. The van der Waals surface area contributed by atoms with E-state index in [-0.39, 0.29) is 24.2 Å². The molecule has 1 rings (SSSR count). The molecule has 0 spiro atoms. The van der Waals surface area contributed by atoms with Gasteiger partial charge in [-0.1, -0.05) is 0 Å². The van der Waals surface area contributed by atoms with Crippen LogP contribution in [0.3, 0.4) is 0 Å². The maximum Gasteiger partial charge on any atom is 0.152 e. The minimum Gasteiger partial charge on any atom is -0.396 e. The summed E-state index contributed by atoms with van der Waals surface area (Å²) in [4.78, 5) is 0. The van der Waals surface area contributed by atoms with E-state index in [2.05, 4.69) is 5.32 Å². The van der Waals surface area contributed by atoms with Crippen molar-refractivity contribution in [2.75, 3.05) is 24.7 Å². The van der Waals surface area contributed by atoms with E-state index in [4.69, 9.17) is 10.8 Å². The fourth-order valence-corrected chi connectivity index (χ4v) is 4.07. The van der Waals surface area contributed by atoms with Gasteiger partial charge in [0.2, 0.25) is 0 Å². The minimum absolute atomic E-state index is 0.0897. The lowest BCUT2D eigenvalue weighted by atomic mass is 9.97. The van der Waals surface area contributed by atoms with Gasteiger partial charge < -0.3 is 16.2 Å². The number of sulfone groups is 1. The lowest BCUT2D eigenvalue weighted by molar-refractivity contribution is 0.245. The molecule has 2 atom stereocenters. The lowest BCUT2D eigenvalue weighted by Gasteiger charge is -2.31. The van der Waals surface area contributed by atoms with Crippen molar-refractivity contribution in [2.24, 2.45) is 5.73 Å². The van der Waals surface area contributed by atoms with E-state index in [0.717, 1.165) is 0 Å². The second-order valence-corrected chi connectivity index (χ2v) is 6.57. The van der Waals surface area contributed by atoms with Crippen LogP contribution in [-0.4, -0.2) is 49.8 Å². The molecule has 0 radical (unpaired) electrons. The number of nitrogens with two attached hydrogens (primary N) is 1. The molecular weight excluding hydrogens is 216 g/mol. The van der Waals surface area contributed by atoms with Gasteiger partial charge >= 0.3 is 0 Å². The summed E-state index contributed by atoms with van der Waals surface area (Å²) >= 11 is 0. The Labute approximate surface area is 91.0 Å². The summed E-state index contributed by atoms with van der Waals surface area (Å²) in [5.74, 6) is 0.329. The van der Waals surface area contributed by atoms with Crippen LogP contribution >= 0.6 is 0 Å². The summed E-state index contributed by atoms with van der Waals surface area (Å²) in [5.41, 5.74) is 5.17. The van der Waals surface area contributed by atoms with Crippen molar-refractivity contribution in [1.82, 2.24) is 5.32 Å². The Hall–Kier alpha value is -0.170. The van der Waals surface area contributed by atoms with Gasteiger partial charge in [0.15, 0.2) is 9.84 Å². The first-order valence-corrected chi connectivity index (χ1v) is 7.04. The molecule has 0 aromatic heterocycles. The minimum atomic E-state index is -2.93. The summed E-state index contributed by atoms with van der Waals surface area (Å²) < 4.78 is 22.8. The van der Waals surface area contributed by atoms with Gasteiger partial charge in [0.05, 0.1) is 11.5 Å². The molecule has 0 aromatic carbocycles. The van der Waals surface area contributed by atoms with Gasteiger partial charge in [-0.25, -0.2) is 8.42 Å². The molecule has 15 heavy (non-hydrogen) atoms. The highest BCUT2D eigenvalue weighted by Crippen LogP contribution is 2.23. The molecule has 1 aliphatic rings. The second kappa shape index (κ2) is 4.78. The Balaban J connectivity index is 2.63. The third-order valence-corrected chi connectivity index (χ3v) is 4.71. The standard InChI is InChI=1S/C9H20N2O3S/c1-8(2-4-12)11-9(6-10)3-5-15(13,14)7-9/h8,11-12H,2-7,10H2,1H3. The number of rotatable bonds is 5. The average molecular weight is 236 g/mol. The van der Waals surface area contributed by atoms with Crippen molar-refractivity contribution >= 4 is 9.84 Å². The van der Waals surface area contributed by atoms with Crippen LogP contribution in [0.25, 0.3) is 0 Å². The summed E-state index contributed by atoms with van der Waals surface area (Å²) in [6.07, 6.45) is 1.18. The predicted molar refractivity (Wildman–Crippen MR) is 59.4 cm³/mol. The molecule has 90 valence electrons.